The van der Waals surface area contributed by atoms with Gasteiger partial charge in [-0.2, -0.15) is 5.26 Å². The third kappa shape index (κ3) is 2.69. The molecule has 1 N–H and O–H groups in total. The average Bonchev–Trinajstić information content (AvgIpc) is 1.90. The van der Waals surface area contributed by atoms with Crippen molar-refractivity contribution in [2.45, 2.75) is 19.4 Å². The molecular weight excluding hydrogens is 138 g/mol. The van der Waals surface area contributed by atoms with E-state index in [0.717, 1.165) is 0 Å². The molecule has 2 nitrogen and oxygen atoms in total. The lowest BCUT2D eigenvalue weighted by Crippen LogP contribution is -2.19. The van der Waals surface area contributed by atoms with Gasteiger partial charge in [-0.05, 0) is 6.42 Å². The van der Waals surface area contributed by atoms with Gasteiger partial charge in [0.15, 0.2) is 0 Å². The van der Waals surface area contributed by atoms with Crippen LogP contribution in [0, 0.1) is 17.2 Å². The zero-order valence-electron chi connectivity index (χ0n) is 5.34. The highest BCUT2D eigenvalue weighted by Crippen LogP contribution is 2.07. The minimum Gasteiger partial charge on any atom is -0.391 e. The zero-order chi connectivity index (χ0) is 7.28. The summed E-state index contributed by atoms with van der Waals surface area (Å²) in [5.74, 6) is -0.158. The van der Waals surface area contributed by atoms with Crippen molar-refractivity contribution in [3.8, 4) is 6.07 Å². The Morgan fingerprint density at radius 1 is 1.78 bits per heavy atom. The highest BCUT2D eigenvalue weighted by Gasteiger charge is 2.14. The summed E-state index contributed by atoms with van der Waals surface area (Å²) in [5.41, 5.74) is 0. The Labute approximate surface area is 60.1 Å². The predicted molar refractivity (Wildman–Crippen MR) is 36.1 cm³/mol. The summed E-state index contributed by atoms with van der Waals surface area (Å²) in [6.07, 6.45) is -0.00799. The molecule has 0 rings (SSSR count). The van der Waals surface area contributed by atoms with E-state index in [4.69, 9.17) is 22.0 Å². The minimum atomic E-state index is -0.665. The van der Waals surface area contributed by atoms with Crippen LogP contribution in [0.25, 0.3) is 0 Å². The Kier molecular flexibility index (Phi) is 4.47. The largest absolute Gasteiger partial charge is 0.391 e. The van der Waals surface area contributed by atoms with Crippen LogP contribution in [-0.4, -0.2) is 17.1 Å². The fraction of sp³-hybridized carbons (Fsp3) is 0.833. The van der Waals surface area contributed by atoms with Gasteiger partial charge in [0.05, 0.1) is 18.1 Å². The van der Waals surface area contributed by atoms with E-state index in [2.05, 4.69) is 0 Å². The minimum absolute atomic E-state index is 0.145. The third-order valence-corrected chi connectivity index (χ3v) is 1.54. The Morgan fingerprint density at radius 2 is 2.33 bits per heavy atom. The Balaban J connectivity index is 3.68. The molecule has 0 saturated heterocycles. The number of rotatable bonds is 3. The number of nitrogens with zero attached hydrogens (tertiary/aromatic N) is 1. The van der Waals surface area contributed by atoms with Crippen molar-refractivity contribution in [2.24, 2.45) is 5.92 Å². The molecule has 0 spiro atoms. The summed E-state index contributed by atoms with van der Waals surface area (Å²) >= 11 is 5.30. The first-order valence-corrected chi connectivity index (χ1v) is 3.43. The van der Waals surface area contributed by atoms with Crippen LogP contribution in [0.3, 0.4) is 0 Å². The second kappa shape index (κ2) is 4.60. The van der Waals surface area contributed by atoms with E-state index < -0.39 is 6.10 Å². The van der Waals surface area contributed by atoms with Crippen molar-refractivity contribution in [2.75, 3.05) is 5.88 Å². The van der Waals surface area contributed by atoms with Crippen molar-refractivity contribution in [3.63, 3.8) is 0 Å². The molecular formula is C6H10ClNO. The molecule has 0 aromatic rings. The number of halogens is 1. The molecule has 0 bridgehead atoms. The first kappa shape index (κ1) is 8.74. The lowest BCUT2D eigenvalue weighted by Gasteiger charge is -2.09. The number of hydrogen-bond donors (Lipinski definition) is 1. The second-order valence-corrected chi connectivity index (χ2v) is 2.17. The smallest absolute Gasteiger partial charge is 0.0833 e. The van der Waals surface area contributed by atoms with Crippen LogP contribution in [0.5, 0.6) is 0 Å². The molecule has 0 heterocycles. The van der Waals surface area contributed by atoms with Gasteiger partial charge in [-0.15, -0.1) is 11.6 Å². The summed E-state index contributed by atoms with van der Waals surface area (Å²) in [6, 6.07) is 1.97. The van der Waals surface area contributed by atoms with Gasteiger partial charge < -0.3 is 5.11 Å². The highest BCUT2D eigenvalue weighted by molar-refractivity contribution is 6.18. The first-order valence-electron chi connectivity index (χ1n) is 2.89. The zero-order valence-corrected chi connectivity index (χ0v) is 6.10. The van der Waals surface area contributed by atoms with E-state index >= 15 is 0 Å². The van der Waals surface area contributed by atoms with Gasteiger partial charge in [-0.1, -0.05) is 6.92 Å². The third-order valence-electron chi connectivity index (χ3n) is 1.23. The highest BCUT2D eigenvalue weighted by atomic mass is 35.5. The number of aliphatic hydroxyl groups excluding tert-OH is 1. The van der Waals surface area contributed by atoms with Crippen LogP contribution in [0.4, 0.5) is 0 Å². The van der Waals surface area contributed by atoms with Gasteiger partial charge in [0.25, 0.3) is 0 Å². The summed E-state index contributed by atoms with van der Waals surface area (Å²) in [6.45, 7) is 1.85. The molecule has 0 fully saturated rings. The lowest BCUT2D eigenvalue weighted by atomic mass is 10.0. The summed E-state index contributed by atoms with van der Waals surface area (Å²) in [4.78, 5) is 0. The maximum atomic E-state index is 8.96. The van der Waals surface area contributed by atoms with E-state index in [9.17, 15) is 0 Å². The Bertz CT molecular complexity index is 110. The molecule has 0 radical (unpaired) electrons. The molecule has 3 heteroatoms. The standard InChI is InChI=1S/C6H10ClNO/c1-2-5(4-8)6(9)3-7/h5-6,9H,2-3H2,1H3/t5-,6?/m0/s1. The van der Waals surface area contributed by atoms with Gasteiger partial charge in [0.1, 0.15) is 0 Å². The molecule has 0 saturated carbocycles. The maximum Gasteiger partial charge on any atom is 0.0833 e. The number of aliphatic hydroxyl groups is 1. The number of nitriles is 1. The molecule has 52 valence electrons. The fourth-order valence-corrected chi connectivity index (χ4v) is 0.772. The average molecular weight is 148 g/mol. The molecule has 2 atom stereocenters. The first-order chi connectivity index (χ1) is 4.26. The van der Waals surface area contributed by atoms with Gasteiger partial charge in [0, 0.05) is 5.88 Å². The maximum absolute atomic E-state index is 8.96. The second-order valence-electron chi connectivity index (χ2n) is 1.87. The molecule has 0 amide bonds. The molecule has 0 aliphatic heterocycles. The molecule has 1 unspecified atom stereocenters. The van der Waals surface area contributed by atoms with Crippen LogP contribution in [0.1, 0.15) is 13.3 Å². The van der Waals surface area contributed by atoms with Crippen molar-refractivity contribution >= 4 is 11.6 Å². The van der Waals surface area contributed by atoms with E-state index in [1.54, 1.807) is 0 Å². The predicted octanol–water partition coefficient (Wildman–Crippen LogP) is 1.14. The van der Waals surface area contributed by atoms with Crippen LogP contribution in [0.2, 0.25) is 0 Å². The van der Waals surface area contributed by atoms with Crippen LogP contribution >= 0.6 is 11.6 Å². The lowest BCUT2D eigenvalue weighted by molar-refractivity contribution is 0.153. The van der Waals surface area contributed by atoms with Crippen molar-refractivity contribution < 1.29 is 5.11 Å². The topological polar surface area (TPSA) is 44.0 Å². The van der Waals surface area contributed by atoms with Crippen LogP contribution in [-0.2, 0) is 0 Å². The quantitative estimate of drug-likeness (QED) is 0.609. The van der Waals surface area contributed by atoms with E-state index in [1.165, 1.54) is 0 Å². The monoisotopic (exact) mass is 147 g/mol. The molecule has 0 aromatic heterocycles. The van der Waals surface area contributed by atoms with Crippen LogP contribution < -0.4 is 0 Å². The van der Waals surface area contributed by atoms with Crippen LogP contribution in [0.15, 0.2) is 0 Å². The SMILES string of the molecule is CC[C@@H](C#N)C(O)CCl. The molecule has 9 heavy (non-hydrogen) atoms. The molecule has 0 aliphatic rings. The van der Waals surface area contributed by atoms with Gasteiger partial charge in [-0.25, -0.2) is 0 Å². The number of alkyl halides is 1. The Morgan fingerprint density at radius 3 is 2.44 bits per heavy atom. The van der Waals surface area contributed by atoms with Gasteiger partial charge in [0.2, 0.25) is 0 Å². The summed E-state index contributed by atoms with van der Waals surface area (Å²) in [5, 5.41) is 17.3. The number of hydrogen-bond acceptors (Lipinski definition) is 2. The molecule has 0 aliphatic carbocycles. The van der Waals surface area contributed by atoms with Crippen molar-refractivity contribution in [1.29, 1.82) is 5.26 Å². The van der Waals surface area contributed by atoms with Gasteiger partial charge >= 0.3 is 0 Å². The van der Waals surface area contributed by atoms with Crippen molar-refractivity contribution in [1.82, 2.24) is 0 Å². The normalized spacial score (nSPS) is 16.2. The molecule has 0 aromatic carbocycles. The Hall–Kier alpha value is -0.260. The summed E-state index contributed by atoms with van der Waals surface area (Å²) < 4.78 is 0. The summed E-state index contributed by atoms with van der Waals surface area (Å²) in [7, 11) is 0. The fourth-order valence-electron chi connectivity index (χ4n) is 0.557. The van der Waals surface area contributed by atoms with Crippen molar-refractivity contribution in [3.05, 3.63) is 0 Å². The van der Waals surface area contributed by atoms with E-state index in [0.29, 0.717) is 6.42 Å². The van der Waals surface area contributed by atoms with Gasteiger partial charge in [-0.3, -0.25) is 0 Å². The van der Waals surface area contributed by atoms with E-state index in [1.807, 2.05) is 13.0 Å². The van der Waals surface area contributed by atoms with E-state index in [-0.39, 0.29) is 11.8 Å².